The van der Waals surface area contributed by atoms with Crippen LogP contribution in [0.5, 0.6) is 0 Å². The third kappa shape index (κ3) is 7.14. The van der Waals surface area contributed by atoms with Gasteiger partial charge in [0.25, 0.3) is 0 Å². The van der Waals surface area contributed by atoms with Crippen molar-refractivity contribution in [2.75, 3.05) is 19.6 Å². The van der Waals surface area contributed by atoms with Gasteiger partial charge < -0.3 is 26.8 Å². The Morgan fingerprint density at radius 1 is 1.14 bits per heavy atom. The Morgan fingerprint density at radius 2 is 1.79 bits per heavy atom. The molecule has 1 fully saturated rings. The molecule has 162 valence electrons. The van der Waals surface area contributed by atoms with Gasteiger partial charge in [-0.1, -0.05) is 27.7 Å². The lowest BCUT2D eigenvalue weighted by Gasteiger charge is -2.34. The molecule has 0 radical (unpaired) electrons. The summed E-state index contributed by atoms with van der Waals surface area (Å²) in [6.45, 7) is 10.5. The molecule has 8 heteroatoms. The molecule has 0 bridgehead atoms. The minimum Gasteiger partial charge on any atom is -0.391 e. The van der Waals surface area contributed by atoms with E-state index in [1.165, 1.54) is 6.92 Å². The number of amides is 2. The van der Waals surface area contributed by atoms with E-state index in [1.54, 1.807) is 13.8 Å². The maximum absolute atomic E-state index is 12.9. The van der Waals surface area contributed by atoms with Gasteiger partial charge in [0.1, 0.15) is 6.04 Å². The summed E-state index contributed by atoms with van der Waals surface area (Å²) in [7, 11) is 0. The summed E-state index contributed by atoms with van der Waals surface area (Å²) in [5.41, 5.74) is 5.63. The lowest BCUT2D eigenvalue weighted by molar-refractivity contribution is -0.136. The highest BCUT2D eigenvalue weighted by Crippen LogP contribution is 2.26. The van der Waals surface area contributed by atoms with Crippen LogP contribution in [0.1, 0.15) is 47.5 Å². The molecule has 1 aliphatic rings. The minimum atomic E-state index is -1.14. The first-order valence-electron chi connectivity index (χ1n) is 10.3. The quantitative estimate of drug-likeness (QED) is 0.346. The second-order valence-corrected chi connectivity index (χ2v) is 8.57. The number of carbonyl (C=O) groups excluding carboxylic acids is 3. The van der Waals surface area contributed by atoms with Crippen molar-refractivity contribution in [3.63, 3.8) is 0 Å². The van der Waals surface area contributed by atoms with Crippen molar-refractivity contribution in [1.82, 2.24) is 16.0 Å². The molecule has 28 heavy (non-hydrogen) atoms. The maximum atomic E-state index is 12.9. The van der Waals surface area contributed by atoms with Gasteiger partial charge in [0, 0.05) is 19.0 Å². The number of nitrogens with one attached hydrogen (secondary N) is 3. The number of carbonyl (C=O) groups is 3. The summed E-state index contributed by atoms with van der Waals surface area (Å²) >= 11 is 0. The second kappa shape index (κ2) is 11.5. The summed E-state index contributed by atoms with van der Waals surface area (Å²) in [5, 5.41) is 18.6. The maximum Gasteiger partial charge on any atom is 0.245 e. The van der Waals surface area contributed by atoms with E-state index < -0.39 is 24.1 Å². The second-order valence-electron chi connectivity index (χ2n) is 8.57. The van der Waals surface area contributed by atoms with E-state index >= 15 is 0 Å². The van der Waals surface area contributed by atoms with E-state index in [4.69, 9.17) is 5.73 Å². The Kier molecular flexibility index (Phi) is 10.1. The Morgan fingerprint density at radius 3 is 2.29 bits per heavy atom. The van der Waals surface area contributed by atoms with Gasteiger partial charge in [-0.3, -0.25) is 14.4 Å². The van der Waals surface area contributed by atoms with Crippen LogP contribution in [0, 0.1) is 23.7 Å². The van der Waals surface area contributed by atoms with Crippen LogP contribution in [-0.4, -0.2) is 60.5 Å². The van der Waals surface area contributed by atoms with Crippen LogP contribution in [0.15, 0.2) is 0 Å². The van der Waals surface area contributed by atoms with Crippen LogP contribution in [-0.2, 0) is 14.4 Å². The highest BCUT2D eigenvalue weighted by atomic mass is 16.3. The molecule has 6 N–H and O–H groups in total. The molecular weight excluding hydrogens is 360 g/mol. The molecule has 0 aromatic rings. The topological polar surface area (TPSA) is 134 Å². The number of piperidine rings is 1. The monoisotopic (exact) mass is 398 g/mol. The standard InChI is InChI=1S/C20H38N4O4/c1-11(2)8-14-6-7-22-10-15(14)19(27)24-17(13(5)25)20(28)23-16(9-21)18(26)12(3)4/h11-17,22,25H,6-10,21H2,1-5H3,(H,23,28)(H,24,27)/t13-,14?,15?,16-,17-/m0/s1. The fourth-order valence-corrected chi connectivity index (χ4v) is 3.68. The van der Waals surface area contributed by atoms with E-state index in [-0.39, 0.29) is 36.0 Å². The lowest BCUT2D eigenvalue weighted by Crippen LogP contribution is -2.59. The smallest absolute Gasteiger partial charge is 0.245 e. The van der Waals surface area contributed by atoms with E-state index in [0.717, 1.165) is 19.4 Å². The van der Waals surface area contributed by atoms with E-state index in [0.29, 0.717) is 12.5 Å². The van der Waals surface area contributed by atoms with Crippen molar-refractivity contribution in [2.24, 2.45) is 29.4 Å². The molecule has 0 aliphatic carbocycles. The molecule has 0 aromatic heterocycles. The molecular formula is C20H38N4O4. The molecule has 5 atom stereocenters. The van der Waals surface area contributed by atoms with E-state index in [9.17, 15) is 19.5 Å². The number of Topliss-reactive ketones (excluding diaryl/α,β-unsaturated/α-hetero) is 1. The zero-order valence-corrected chi connectivity index (χ0v) is 17.8. The van der Waals surface area contributed by atoms with Crippen molar-refractivity contribution in [2.45, 2.75) is 65.6 Å². The SMILES string of the molecule is CC(C)CC1CCNCC1C(=O)N[C@H](C(=O)N[C@@H](CN)C(=O)C(C)C)[C@H](C)O. The molecule has 1 rings (SSSR count). The van der Waals surface area contributed by atoms with E-state index in [2.05, 4.69) is 29.8 Å². The van der Waals surface area contributed by atoms with Crippen LogP contribution < -0.4 is 21.7 Å². The molecule has 2 unspecified atom stereocenters. The number of hydrogen-bond acceptors (Lipinski definition) is 6. The number of rotatable bonds is 10. The summed E-state index contributed by atoms with van der Waals surface area (Å²) in [4.78, 5) is 37.7. The van der Waals surface area contributed by atoms with Crippen LogP contribution >= 0.6 is 0 Å². The Labute approximate surface area is 168 Å². The number of aliphatic hydroxyl groups is 1. The van der Waals surface area contributed by atoms with Gasteiger partial charge in [-0.25, -0.2) is 0 Å². The fraction of sp³-hybridized carbons (Fsp3) is 0.850. The molecule has 1 heterocycles. The molecule has 0 saturated carbocycles. The van der Waals surface area contributed by atoms with Gasteiger partial charge in [-0.05, 0) is 38.1 Å². The van der Waals surface area contributed by atoms with Crippen molar-refractivity contribution in [3.05, 3.63) is 0 Å². The van der Waals surface area contributed by atoms with Crippen molar-refractivity contribution >= 4 is 17.6 Å². The third-order valence-corrected chi connectivity index (χ3v) is 5.26. The van der Waals surface area contributed by atoms with Crippen LogP contribution in [0.3, 0.4) is 0 Å². The minimum absolute atomic E-state index is 0.0355. The number of nitrogens with two attached hydrogens (primary N) is 1. The van der Waals surface area contributed by atoms with E-state index in [1.807, 2.05) is 0 Å². The Balaban J connectivity index is 2.83. The summed E-state index contributed by atoms with van der Waals surface area (Å²) in [5.74, 6) is -0.860. The zero-order chi connectivity index (χ0) is 21.4. The first-order chi connectivity index (χ1) is 13.1. The van der Waals surface area contributed by atoms with Gasteiger partial charge in [-0.15, -0.1) is 0 Å². The van der Waals surface area contributed by atoms with Crippen LogP contribution in [0.2, 0.25) is 0 Å². The van der Waals surface area contributed by atoms with Crippen LogP contribution in [0.25, 0.3) is 0 Å². The first-order valence-corrected chi connectivity index (χ1v) is 10.3. The Bertz CT molecular complexity index is 536. The van der Waals surface area contributed by atoms with Crippen LogP contribution in [0.4, 0.5) is 0 Å². The molecule has 1 saturated heterocycles. The lowest BCUT2D eigenvalue weighted by atomic mass is 9.80. The number of aliphatic hydroxyl groups excluding tert-OH is 1. The van der Waals surface area contributed by atoms with Crippen molar-refractivity contribution in [3.8, 4) is 0 Å². The first kappa shape index (κ1) is 24.5. The summed E-state index contributed by atoms with van der Waals surface area (Å²) in [6.07, 6.45) is 0.736. The average Bonchev–Trinajstić information content (AvgIpc) is 2.62. The fourth-order valence-electron chi connectivity index (χ4n) is 3.68. The molecule has 0 spiro atoms. The van der Waals surface area contributed by atoms with Crippen molar-refractivity contribution in [1.29, 1.82) is 0 Å². The Hall–Kier alpha value is -1.51. The molecule has 1 aliphatic heterocycles. The summed E-state index contributed by atoms with van der Waals surface area (Å²) in [6, 6.07) is -1.97. The highest BCUT2D eigenvalue weighted by molar-refractivity contribution is 5.94. The van der Waals surface area contributed by atoms with Crippen molar-refractivity contribution < 1.29 is 19.5 Å². The third-order valence-electron chi connectivity index (χ3n) is 5.26. The summed E-state index contributed by atoms with van der Waals surface area (Å²) < 4.78 is 0. The van der Waals surface area contributed by atoms with Gasteiger partial charge in [0.2, 0.25) is 11.8 Å². The highest BCUT2D eigenvalue weighted by Gasteiger charge is 2.35. The van der Waals surface area contributed by atoms with Gasteiger partial charge in [-0.2, -0.15) is 0 Å². The van der Waals surface area contributed by atoms with Gasteiger partial charge >= 0.3 is 0 Å². The average molecular weight is 399 g/mol. The molecule has 0 aromatic carbocycles. The normalized spacial score (nSPS) is 23.2. The number of hydrogen-bond donors (Lipinski definition) is 5. The predicted octanol–water partition coefficient (Wildman–Crippen LogP) is -0.208. The molecule has 2 amide bonds. The zero-order valence-electron chi connectivity index (χ0n) is 17.8. The molecule has 8 nitrogen and oxygen atoms in total. The largest absolute Gasteiger partial charge is 0.391 e. The predicted molar refractivity (Wildman–Crippen MR) is 108 cm³/mol. The number of ketones is 1. The van der Waals surface area contributed by atoms with Gasteiger partial charge in [0.15, 0.2) is 5.78 Å². The van der Waals surface area contributed by atoms with Gasteiger partial charge in [0.05, 0.1) is 18.1 Å².